The molecule has 0 heterocycles. The molecular weight excluding hydrogens is 188 g/mol. The quantitative estimate of drug-likeness (QED) is 0.310. The fourth-order valence-corrected chi connectivity index (χ4v) is 1.13. The molecule has 0 aliphatic heterocycles. The van der Waals surface area contributed by atoms with Crippen LogP contribution in [0.3, 0.4) is 0 Å². The smallest absolute Gasteiger partial charge is 0.207 e. The molecule has 0 saturated heterocycles. The predicted molar refractivity (Wildman–Crippen MR) is 51.7 cm³/mol. The Morgan fingerprint density at radius 3 is 1.50 bits per heavy atom. The van der Waals surface area contributed by atoms with E-state index in [0.717, 1.165) is 0 Å². The Balaban J connectivity index is 3.55. The first-order chi connectivity index (χ1) is 6.54. The minimum absolute atomic E-state index is 0.0285. The second kappa shape index (κ2) is 3.41. The predicted octanol–water partition coefficient (Wildman–Crippen LogP) is 0.279. The summed E-state index contributed by atoms with van der Waals surface area (Å²) in [5.74, 6) is -0.922. The third-order valence-corrected chi connectivity index (χ3v) is 1.84. The lowest BCUT2D eigenvalue weighted by atomic mass is 10.2. The van der Waals surface area contributed by atoms with Crippen LogP contribution in [0.5, 0.6) is 23.0 Å². The van der Waals surface area contributed by atoms with Crippen LogP contribution in [0, 0.1) is 0 Å². The van der Waals surface area contributed by atoms with Gasteiger partial charge in [-0.3, -0.25) is 0 Å². The summed E-state index contributed by atoms with van der Waals surface area (Å²) >= 11 is 0. The summed E-state index contributed by atoms with van der Waals surface area (Å²) < 4.78 is 9.53. The zero-order valence-electron chi connectivity index (χ0n) is 7.87. The van der Waals surface area contributed by atoms with Crippen molar-refractivity contribution in [1.29, 1.82) is 0 Å². The van der Waals surface area contributed by atoms with Crippen molar-refractivity contribution in [2.75, 3.05) is 25.7 Å². The van der Waals surface area contributed by atoms with Crippen LogP contribution in [0.25, 0.3) is 0 Å². The number of rotatable bonds is 2. The van der Waals surface area contributed by atoms with Gasteiger partial charge in [-0.15, -0.1) is 0 Å². The maximum atomic E-state index is 9.47. The highest BCUT2D eigenvalue weighted by Crippen LogP contribution is 2.50. The normalized spacial score (nSPS) is 9.86. The van der Waals surface area contributed by atoms with E-state index >= 15 is 0 Å². The van der Waals surface area contributed by atoms with Crippen molar-refractivity contribution in [3.8, 4) is 23.0 Å². The summed E-state index contributed by atoms with van der Waals surface area (Å²) in [5, 5.41) is 18.9. The minimum Gasteiger partial charge on any atom is -0.503 e. The number of phenols is 2. The standard InChI is InChI=1S/C8H12N2O4/c1-13-7-3(9)5(11)8(14-2)6(12)4(7)10/h11-12H,9-10H2,1-2H3. The molecule has 0 amide bonds. The molecule has 78 valence electrons. The second-order valence-electron chi connectivity index (χ2n) is 2.59. The maximum Gasteiger partial charge on any atom is 0.207 e. The number of methoxy groups -OCH3 is 2. The van der Waals surface area contributed by atoms with E-state index < -0.39 is 11.5 Å². The largest absolute Gasteiger partial charge is 0.503 e. The van der Waals surface area contributed by atoms with E-state index in [1.54, 1.807) is 0 Å². The molecule has 0 spiro atoms. The van der Waals surface area contributed by atoms with Crippen molar-refractivity contribution in [3.05, 3.63) is 0 Å². The molecule has 0 atom stereocenters. The monoisotopic (exact) mass is 200 g/mol. The highest BCUT2D eigenvalue weighted by molar-refractivity contribution is 5.83. The number of hydrogen-bond donors (Lipinski definition) is 4. The molecule has 14 heavy (non-hydrogen) atoms. The van der Waals surface area contributed by atoms with Crippen LogP contribution in [-0.2, 0) is 0 Å². The average molecular weight is 200 g/mol. The van der Waals surface area contributed by atoms with E-state index in [9.17, 15) is 10.2 Å². The lowest BCUT2D eigenvalue weighted by molar-refractivity contribution is 0.341. The number of aromatic hydroxyl groups is 2. The lowest BCUT2D eigenvalue weighted by Crippen LogP contribution is -2.00. The zero-order chi connectivity index (χ0) is 10.9. The van der Waals surface area contributed by atoms with E-state index in [-0.39, 0.29) is 22.9 Å². The molecule has 6 nitrogen and oxygen atoms in total. The number of nitrogens with two attached hydrogens (primary N) is 2. The molecule has 0 fully saturated rings. The van der Waals surface area contributed by atoms with Gasteiger partial charge in [0.15, 0.2) is 17.2 Å². The first kappa shape index (κ1) is 10.1. The van der Waals surface area contributed by atoms with Crippen molar-refractivity contribution in [2.24, 2.45) is 0 Å². The molecule has 0 aliphatic rings. The first-order valence-electron chi connectivity index (χ1n) is 3.75. The number of benzene rings is 1. The minimum atomic E-state index is -0.393. The van der Waals surface area contributed by atoms with Crippen LogP contribution in [0.2, 0.25) is 0 Å². The van der Waals surface area contributed by atoms with Crippen molar-refractivity contribution in [2.45, 2.75) is 0 Å². The topological polar surface area (TPSA) is 111 Å². The van der Waals surface area contributed by atoms with E-state index in [0.29, 0.717) is 0 Å². The van der Waals surface area contributed by atoms with Gasteiger partial charge < -0.3 is 31.2 Å². The van der Waals surface area contributed by atoms with Gasteiger partial charge in [0.2, 0.25) is 5.75 Å². The Bertz CT molecular complexity index is 301. The molecule has 0 radical (unpaired) electrons. The van der Waals surface area contributed by atoms with Gasteiger partial charge in [-0.1, -0.05) is 0 Å². The van der Waals surface area contributed by atoms with E-state index in [1.165, 1.54) is 14.2 Å². The fourth-order valence-electron chi connectivity index (χ4n) is 1.13. The van der Waals surface area contributed by atoms with Crippen molar-refractivity contribution < 1.29 is 19.7 Å². The number of phenolic OH excluding ortho intramolecular Hbond substituents is 2. The van der Waals surface area contributed by atoms with Crippen LogP contribution in [0.1, 0.15) is 0 Å². The first-order valence-corrected chi connectivity index (χ1v) is 3.75. The van der Waals surface area contributed by atoms with Gasteiger partial charge in [-0.25, -0.2) is 0 Å². The molecule has 6 heteroatoms. The van der Waals surface area contributed by atoms with Gasteiger partial charge in [-0.2, -0.15) is 0 Å². The van der Waals surface area contributed by atoms with Crippen LogP contribution >= 0.6 is 0 Å². The summed E-state index contributed by atoms with van der Waals surface area (Å²) in [6.45, 7) is 0. The van der Waals surface area contributed by atoms with Gasteiger partial charge in [0.1, 0.15) is 11.4 Å². The Labute approximate surface area is 80.7 Å². The zero-order valence-corrected chi connectivity index (χ0v) is 7.87. The van der Waals surface area contributed by atoms with Crippen LogP contribution < -0.4 is 20.9 Å². The number of hydrogen-bond acceptors (Lipinski definition) is 6. The fraction of sp³-hybridized carbons (Fsp3) is 0.250. The number of nitrogen functional groups attached to an aromatic ring is 2. The maximum absolute atomic E-state index is 9.47. The number of ether oxygens (including phenoxy) is 2. The van der Waals surface area contributed by atoms with E-state index in [4.69, 9.17) is 20.9 Å². The third-order valence-electron chi connectivity index (χ3n) is 1.84. The highest BCUT2D eigenvalue weighted by atomic mass is 16.5. The van der Waals surface area contributed by atoms with Crippen molar-refractivity contribution in [3.63, 3.8) is 0 Å². The molecule has 1 rings (SSSR count). The molecule has 0 aliphatic carbocycles. The summed E-state index contributed by atoms with van der Waals surface area (Å²) in [7, 11) is 2.60. The van der Waals surface area contributed by atoms with Crippen molar-refractivity contribution >= 4 is 11.4 Å². The Hall–Kier alpha value is -1.98. The van der Waals surface area contributed by atoms with Gasteiger partial charge >= 0.3 is 0 Å². The van der Waals surface area contributed by atoms with Gasteiger partial charge in [0.05, 0.1) is 14.2 Å². The second-order valence-corrected chi connectivity index (χ2v) is 2.59. The summed E-state index contributed by atoms with van der Waals surface area (Å²) in [4.78, 5) is 0. The van der Waals surface area contributed by atoms with E-state index in [1.807, 2.05) is 0 Å². The molecule has 0 bridgehead atoms. The van der Waals surface area contributed by atoms with Crippen LogP contribution in [-0.4, -0.2) is 24.4 Å². The number of anilines is 2. The average Bonchev–Trinajstić information content (AvgIpc) is 2.17. The summed E-state index contributed by atoms with van der Waals surface area (Å²) in [5.41, 5.74) is 10.8. The molecular formula is C8H12N2O4. The third kappa shape index (κ3) is 1.20. The Morgan fingerprint density at radius 2 is 1.21 bits per heavy atom. The summed E-state index contributed by atoms with van der Waals surface area (Å²) in [6, 6.07) is 0. The van der Waals surface area contributed by atoms with Crippen LogP contribution in [0.4, 0.5) is 11.4 Å². The van der Waals surface area contributed by atoms with E-state index in [2.05, 4.69) is 0 Å². The molecule has 1 aromatic rings. The SMILES string of the molecule is COc1c(N)c(O)c(OC)c(O)c1N. The van der Waals surface area contributed by atoms with Gasteiger partial charge in [-0.05, 0) is 0 Å². The summed E-state index contributed by atoms with van der Waals surface area (Å²) in [6.07, 6.45) is 0. The molecule has 0 aromatic heterocycles. The van der Waals surface area contributed by atoms with Crippen molar-refractivity contribution in [1.82, 2.24) is 0 Å². The Morgan fingerprint density at radius 1 is 0.857 bits per heavy atom. The van der Waals surface area contributed by atoms with Gasteiger partial charge in [0.25, 0.3) is 0 Å². The molecule has 0 unspecified atom stereocenters. The molecule has 1 aromatic carbocycles. The molecule has 6 N–H and O–H groups in total. The van der Waals surface area contributed by atoms with Gasteiger partial charge in [0, 0.05) is 0 Å². The molecule has 0 saturated carbocycles. The van der Waals surface area contributed by atoms with Crippen LogP contribution in [0.15, 0.2) is 0 Å². The Kier molecular flexibility index (Phi) is 2.46. The highest BCUT2D eigenvalue weighted by Gasteiger charge is 2.21. The lowest BCUT2D eigenvalue weighted by Gasteiger charge is -2.14.